The van der Waals surface area contributed by atoms with Crippen LogP contribution in [-0.2, 0) is 47.9 Å². The maximum absolute atomic E-state index is 13.8. The predicted molar refractivity (Wildman–Crippen MR) is 297 cm³/mol. The van der Waals surface area contributed by atoms with Crippen molar-refractivity contribution in [2.24, 2.45) is 0 Å². The van der Waals surface area contributed by atoms with E-state index < -0.39 is 71.4 Å². The molecule has 17 heteroatoms. The van der Waals surface area contributed by atoms with Gasteiger partial charge in [0.25, 0.3) is 0 Å². The number of carboxylic acids is 1. The molecule has 2 rings (SSSR count). The molecule has 436 valence electrons. The molecule has 6 amide bonds. The van der Waals surface area contributed by atoms with Crippen molar-refractivity contribution in [1.29, 1.82) is 0 Å². The maximum atomic E-state index is 13.8. The van der Waals surface area contributed by atoms with Crippen LogP contribution >= 0.6 is 0 Å². The molecular weight excluding hydrogens is 969 g/mol. The van der Waals surface area contributed by atoms with Gasteiger partial charge in [-0.15, -0.1) is 0 Å². The van der Waals surface area contributed by atoms with E-state index in [2.05, 4.69) is 35.1 Å². The number of hydrogen-bond acceptors (Lipinski definition) is 10. The van der Waals surface area contributed by atoms with E-state index in [0.717, 1.165) is 51.4 Å². The summed E-state index contributed by atoms with van der Waals surface area (Å²) < 4.78 is 5.44. The highest BCUT2D eigenvalue weighted by molar-refractivity contribution is 5.94. The van der Waals surface area contributed by atoms with Crippen LogP contribution < -0.4 is 21.3 Å². The van der Waals surface area contributed by atoms with Crippen LogP contribution in [0.3, 0.4) is 0 Å². The van der Waals surface area contributed by atoms with E-state index in [-0.39, 0.29) is 62.7 Å². The number of rotatable bonds is 43. The van der Waals surface area contributed by atoms with Gasteiger partial charge in [-0.1, -0.05) is 142 Å². The maximum Gasteiger partial charge on any atom is 0.326 e. The lowest BCUT2D eigenvalue weighted by Crippen LogP contribution is -2.55. The van der Waals surface area contributed by atoms with Crippen LogP contribution in [0.2, 0.25) is 0 Å². The van der Waals surface area contributed by atoms with Crippen molar-refractivity contribution in [2.75, 3.05) is 19.6 Å². The molecule has 2 aliphatic rings. The Morgan fingerprint density at radius 3 is 1.32 bits per heavy atom. The van der Waals surface area contributed by atoms with Crippen molar-refractivity contribution in [3.05, 3.63) is 0 Å². The number of hydrogen-bond donors (Lipinski definition) is 5. The number of unbranched alkanes of at least 4 members (excludes halogenated alkanes) is 21. The molecule has 2 fully saturated rings. The van der Waals surface area contributed by atoms with Crippen LogP contribution in [0.25, 0.3) is 0 Å². The minimum absolute atomic E-state index is 0.0249. The number of carbonyl (C=O) groups is 9. The third-order valence-corrected chi connectivity index (χ3v) is 14.7. The summed E-state index contributed by atoms with van der Waals surface area (Å²) in [6, 6.07) is -5.18. The number of carboxylic acid groups (broad SMARTS) is 1. The average Bonchev–Trinajstić information content (AvgIpc) is 4.08. The summed E-state index contributed by atoms with van der Waals surface area (Å²) in [4.78, 5) is 122. The van der Waals surface area contributed by atoms with Gasteiger partial charge in [0, 0.05) is 45.3 Å². The molecule has 0 bridgehead atoms. The molecule has 5 N–H and O–H groups in total. The normalized spacial score (nSPS) is 16.7. The summed E-state index contributed by atoms with van der Waals surface area (Å²) in [7, 11) is 0. The molecule has 0 radical (unpaired) electrons. The SMILES string of the molecule is CCCCCCCCCCCCCC(=O)N1CCCC1C(=O)NC(CCC(C)=O)C(=O)NCCCCC(NC(=O)C(CCC(=O)OC(C)(C)C)NC(=O)C1CCCN1C(=O)CCCCCCCCCCCCC)C(=O)O. The predicted octanol–water partition coefficient (Wildman–Crippen LogP) is 9.69. The van der Waals surface area contributed by atoms with Crippen LogP contribution in [0.5, 0.6) is 0 Å². The van der Waals surface area contributed by atoms with E-state index in [1.54, 1.807) is 30.6 Å². The second kappa shape index (κ2) is 39.7. The first-order chi connectivity index (χ1) is 36.4. The van der Waals surface area contributed by atoms with Crippen LogP contribution in [0.1, 0.15) is 266 Å². The number of ether oxygens (including phenoxy) is 1. The third kappa shape index (κ3) is 29.8. The Bertz CT molecular complexity index is 1750. The smallest absolute Gasteiger partial charge is 0.326 e. The first-order valence-corrected chi connectivity index (χ1v) is 30.1. The van der Waals surface area contributed by atoms with Gasteiger partial charge in [-0.2, -0.15) is 0 Å². The van der Waals surface area contributed by atoms with Gasteiger partial charge in [-0.05, 0) is 98.3 Å². The van der Waals surface area contributed by atoms with Crippen molar-refractivity contribution in [2.45, 2.75) is 302 Å². The number of nitrogens with zero attached hydrogens (tertiary/aromatic N) is 2. The number of aliphatic carboxylic acids is 1. The Morgan fingerprint density at radius 1 is 0.500 bits per heavy atom. The summed E-state index contributed by atoms with van der Waals surface area (Å²) in [5.74, 6) is -4.51. The Balaban J connectivity index is 1.93. The molecule has 0 saturated carbocycles. The molecule has 2 heterocycles. The molecule has 0 aliphatic carbocycles. The van der Waals surface area contributed by atoms with E-state index in [1.807, 2.05) is 0 Å². The van der Waals surface area contributed by atoms with Crippen LogP contribution in [0.15, 0.2) is 0 Å². The van der Waals surface area contributed by atoms with E-state index in [0.29, 0.717) is 58.0 Å². The van der Waals surface area contributed by atoms with Gasteiger partial charge in [-0.25, -0.2) is 4.79 Å². The Hall–Kier alpha value is -4.57. The molecule has 0 spiro atoms. The van der Waals surface area contributed by atoms with Crippen molar-refractivity contribution in [1.82, 2.24) is 31.1 Å². The highest BCUT2D eigenvalue weighted by Gasteiger charge is 2.38. The van der Waals surface area contributed by atoms with E-state index >= 15 is 0 Å². The number of amides is 6. The first kappa shape index (κ1) is 67.5. The third-order valence-electron chi connectivity index (χ3n) is 14.7. The fourth-order valence-corrected chi connectivity index (χ4v) is 10.3. The summed E-state index contributed by atoms with van der Waals surface area (Å²) in [6.45, 7) is 12.0. The number of ketones is 1. The molecule has 0 aromatic heterocycles. The zero-order chi connectivity index (χ0) is 56.1. The van der Waals surface area contributed by atoms with Crippen molar-refractivity contribution in [3.63, 3.8) is 0 Å². The molecule has 0 aromatic carbocycles. The minimum atomic E-state index is -1.37. The van der Waals surface area contributed by atoms with Gasteiger partial charge in [0.05, 0.1) is 0 Å². The van der Waals surface area contributed by atoms with Gasteiger partial charge in [0.15, 0.2) is 0 Å². The zero-order valence-corrected chi connectivity index (χ0v) is 48.2. The monoisotopic (exact) mass is 1070 g/mol. The fourth-order valence-electron chi connectivity index (χ4n) is 10.3. The highest BCUT2D eigenvalue weighted by atomic mass is 16.6. The highest BCUT2D eigenvalue weighted by Crippen LogP contribution is 2.23. The molecule has 2 aliphatic heterocycles. The zero-order valence-electron chi connectivity index (χ0n) is 48.2. The topological polar surface area (TPSA) is 238 Å². The van der Waals surface area contributed by atoms with Crippen molar-refractivity contribution in [3.8, 4) is 0 Å². The molecule has 5 unspecified atom stereocenters. The lowest BCUT2D eigenvalue weighted by molar-refractivity contribution is -0.155. The van der Waals surface area contributed by atoms with Crippen molar-refractivity contribution >= 4 is 53.2 Å². The fraction of sp³-hybridized carbons (Fsp3) is 0.847. The van der Waals surface area contributed by atoms with Gasteiger partial charge in [-0.3, -0.25) is 33.6 Å². The summed E-state index contributed by atoms with van der Waals surface area (Å²) in [5.41, 5.74) is -0.793. The molecule has 17 nitrogen and oxygen atoms in total. The molecule has 76 heavy (non-hydrogen) atoms. The number of esters is 1. The standard InChI is InChI=1S/C59H104N6O11/c1-7-9-11-13-15-17-19-21-23-25-27-36-51(67)64-43-31-34-49(64)56(72)61-46(39-38-45(3)66)54(70)60-42-30-29-33-48(58(74)75)63-55(71)47(40-41-53(69)76-59(4,5)6)62-57(73)50-35-32-44-65(50)52(68)37-28-26-24-22-20-18-16-14-12-10-8-2/h46-50H,7-44H2,1-6H3,(H,60,70)(H,61,72)(H,62,73)(H,63,71)(H,74,75). The second-order valence-electron chi connectivity index (χ2n) is 22.7. The van der Waals surface area contributed by atoms with Gasteiger partial charge >= 0.3 is 11.9 Å². The van der Waals surface area contributed by atoms with Gasteiger partial charge in [0.1, 0.15) is 41.6 Å². The average molecular weight is 1070 g/mol. The molecule has 5 atom stereocenters. The van der Waals surface area contributed by atoms with E-state index in [9.17, 15) is 48.3 Å². The number of carbonyl (C=O) groups excluding carboxylic acids is 8. The van der Waals surface area contributed by atoms with Crippen LogP contribution in [0.4, 0.5) is 0 Å². The molecular formula is C59H104N6O11. The minimum Gasteiger partial charge on any atom is -0.480 e. The number of Topliss-reactive ketones (excluding diaryl/α,β-unsaturated/α-hetero) is 1. The lowest BCUT2D eigenvalue weighted by Gasteiger charge is -2.27. The lowest BCUT2D eigenvalue weighted by atomic mass is 10.0. The molecule has 2 saturated heterocycles. The summed E-state index contributed by atoms with van der Waals surface area (Å²) >= 11 is 0. The largest absolute Gasteiger partial charge is 0.480 e. The number of nitrogens with one attached hydrogen (secondary N) is 4. The van der Waals surface area contributed by atoms with Crippen LogP contribution in [-0.4, -0.2) is 124 Å². The Morgan fingerprint density at radius 2 is 0.908 bits per heavy atom. The van der Waals surface area contributed by atoms with E-state index in [4.69, 9.17) is 4.74 Å². The van der Waals surface area contributed by atoms with Crippen molar-refractivity contribution < 1.29 is 53.0 Å². The van der Waals surface area contributed by atoms with Crippen LogP contribution in [0, 0.1) is 0 Å². The quantitative estimate of drug-likeness (QED) is 0.0285. The molecule has 0 aromatic rings. The summed E-state index contributed by atoms with van der Waals surface area (Å²) in [6.07, 6.45) is 28.7. The van der Waals surface area contributed by atoms with E-state index in [1.165, 1.54) is 96.8 Å². The second-order valence-corrected chi connectivity index (χ2v) is 22.7. The van der Waals surface area contributed by atoms with Gasteiger partial charge in [0.2, 0.25) is 35.4 Å². The Kier molecular flexibility index (Phi) is 35.3. The number of likely N-dealkylation sites (tertiary alicyclic amines) is 2. The van der Waals surface area contributed by atoms with Gasteiger partial charge < -0.3 is 45.7 Å². The first-order valence-electron chi connectivity index (χ1n) is 30.1. The Labute approximate surface area is 457 Å². The summed E-state index contributed by atoms with van der Waals surface area (Å²) in [5, 5.41) is 21.0.